The summed E-state index contributed by atoms with van der Waals surface area (Å²) >= 11 is 1.37. The van der Waals surface area contributed by atoms with E-state index in [9.17, 15) is 4.79 Å². The second-order valence-electron chi connectivity index (χ2n) is 4.63. The fourth-order valence-electron chi connectivity index (χ4n) is 2.27. The van der Waals surface area contributed by atoms with E-state index in [1.165, 1.54) is 22.5 Å². The normalized spacial score (nSPS) is 12.6. The molecule has 0 aliphatic carbocycles. The molecule has 2 heterocycles. The lowest BCUT2D eigenvalue weighted by Gasteiger charge is -2.18. The van der Waals surface area contributed by atoms with Crippen molar-refractivity contribution >= 4 is 47.7 Å². The third-order valence-electron chi connectivity index (χ3n) is 3.30. The van der Waals surface area contributed by atoms with Crippen LogP contribution in [0.5, 0.6) is 0 Å². The molecule has 114 valence electrons. The lowest BCUT2D eigenvalue weighted by atomic mass is 10.0. The van der Waals surface area contributed by atoms with E-state index in [-0.39, 0.29) is 30.7 Å². The third-order valence-corrected chi connectivity index (χ3v) is 4.23. The van der Waals surface area contributed by atoms with Gasteiger partial charge in [-0.1, -0.05) is 6.07 Å². The highest BCUT2D eigenvalue weighted by atomic mass is 35.5. The SMILES string of the molecule is Cc1ncsc1C(=O)Nc1ccc2c(c1)CNCC2.Cl.Cl. The highest BCUT2D eigenvalue weighted by molar-refractivity contribution is 7.12. The molecular weight excluding hydrogens is 329 g/mol. The number of aryl methyl sites for hydroxylation is 1. The molecule has 0 atom stereocenters. The second-order valence-corrected chi connectivity index (χ2v) is 5.49. The summed E-state index contributed by atoms with van der Waals surface area (Å²) in [5.74, 6) is -0.0799. The van der Waals surface area contributed by atoms with Crippen molar-refractivity contribution < 1.29 is 4.79 Å². The number of amides is 1. The minimum atomic E-state index is -0.0799. The van der Waals surface area contributed by atoms with E-state index < -0.39 is 0 Å². The summed E-state index contributed by atoms with van der Waals surface area (Å²) in [5.41, 5.74) is 5.96. The summed E-state index contributed by atoms with van der Waals surface area (Å²) in [6.07, 6.45) is 1.05. The van der Waals surface area contributed by atoms with E-state index in [1.54, 1.807) is 5.51 Å². The maximum Gasteiger partial charge on any atom is 0.267 e. The topological polar surface area (TPSA) is 54.0 Å². The smallest absolute Gasteiger partial charge is 0.267 e. The van der Waals surface area contributed by atoms with Crippen molar-refractivity contribution in [2.75, 3.05) is 11.9 Å². The van der Waals surface area contributed by atoms with Crippen LogP contribution in [-0.2, 0) is 13.0 Å². The molecule has 1 amide bonds. The van der Waals surface area contributed by atoms with E-state index in [2.05, 4.69) is 27.8 Å². The maximum absolute atomic E-state index is 12.1. The predicted molar refractivity (Wildman–Crippen MR) is 91.2 cm³/mol. The highest BCUT2D eigenvalue weighted by Crippen LogP contribution is 2.20. The second kappa shape index (κ2) is 7.75. The number of benzene rings is 1. The van der Waals surface area contributed by atoms with Gasteiger partial charge in [0.1, 0.15) is 4.88 Å². The summed E-state index contributed by atoms with van der Waals surface area (Å²) in [6.45, 7) is 3.75. The van der Waals surface area contributed by atoms with Crippen molar-refractivity contribution in [3.63, 3.8) is 0 Å². The van der Waals surface area contributed by atoms with Gasteiger partial charge in [0.15, 0.2) is 0 Å². The number of aromatic nitrogens is 1. The molecule has 0 fully saturated rings. The number of thiazole rings is 1. The minimum Gasteiger partial charge on any atom is -0.321 e. The lowest BCUT2D eigenvalue weighted by Crippen LogP contribution is -2.23. The number of hydrogen-bond acceptors (Lipinski definition) is 4. The van der Waals surface area contributed by atoms with E-state index >= 15 is 0 Å². The molecule has 0 bridgehead atoms. The fraction of sp³-hybridized carbons (Fsp3) is 0.286. The molecule has 1 aliphatic heterocycles. The Kier molecular flexibility index (Phi) is 6.61. The average molecular weight is 346 g/mol. The minimum absolute atomic E-state index is 0. The first kappa shape index (κ1) is 17.9. The number of nitrogens with one attached hydrogen (secondary N) is 2. The van der Waals surface area contributed by atoms with Gasteiger partial charge in [0.05, 0.1) is 11.2 Å². The van der Waals surface area contributed by atoms with Gasteiger partial charge in [-0.25, -0.2) is 4.98 Å². The molecule has 3 rings (SSSR count). The summed E-state index contributed by atoms with van der Waals surface area (Å²) < 4.78 is 0. The summed E-state index contributed by atoms with van der Waals surface area (Å²) in [4.78, 5) is 16.9. The number of nitrogens with zero attached hydrogens (tertiary/aromatic N) is 1. The maximum atomic E-state index is 12.1. The molecule has 0 spiro atoms. The zero-order chi connectivity index (χ0) is 13.2. The van der Waals surface area contributed by atoms with Crippen LogP contribution >= 0.6 is 36.2 Å². The van der Waals surface area contributed by atoms with Gasteiger partial charge in [-0.05, 0) is 43.1 Å². The molecule has 2 aromatic rings. The Hall–Kier alpha value is -1.14. The molecule has 0 saturated heterocycles. The van der Waals surface area contributed by atoms with Crippen molar-refractivity contribution in [2.45, 2.75) is 19.9 Å². The summed E-state index contributed by atoms with van der Waals surface area (Å²) in [5, 5.41) is 6.28. The zero-order valence-corrected chi connectivity index (χ0v) is 14.0. The molecule has 0 saturated carbocycles. The molecule has 1 aromatic heterocycles. The number of rotatable bonds is 2. The molecule has 7 heteroatoms. The molecule has 0 unspecified atom stereocenters. The number of halogens is 2. The van der Waals surface area contributed by atoms with Gasteiger partial charge < -0.3 is 10.6 Å². The number of fused-ring (bicyclic) bond motifs is 1. The Morgan fingerprint density at radius 2 is 2.14 bits per heavy atom. The molecule has 21 heavy (non-hydrogen) atoms. The fourth-order valence-corrected chi connectivity index (χ4v) is 2.96. The standard InChI is InChI=1S/C14H15N3OS.2ClH/c1-9-13(19-8-16-9)14(18)17-12-3-2-10-4-5-15-7-11(10)6-12;;/h2-3,6,8,15H,4-5,7H2,1H3,(H,17,18);2*1H. The van der Waals surface area contributed by atoms with Crippen LogP contribution in [0.15, 0.2) is 23.7 Å². The number of anilines is 1. The highest BCUT2D eigenvalue weighted by Gasteiger charge is 2.13. The van der Waals surface area contributed by atoms with Gasteiger partial charge in [0.25, 0.3) is 5.91 Å². The number of hydrogen-bond donors (Lipinski definition) is 2. The van der Waals surface area contributed by atoms with E-state index in [4.69, 9.17) is 0 Å². The first-order valence-electron chi connectivity index (χ1n) is 6.28. The van der Waals surface area contributed by atoms with Gasteiger partial charge in [0, 0.05) is 12.2 Å². The van der Waals surface area contributed by atoms with Crippen LogP contribution in [0.25, 0.3) is 0 Å². The first-order chi connectivity index (χ1) is 9.24. The predicted octanol–water partition coefficient (Wildman–Crippen LogP) is 3.19. The molecule has 0 radical (unpaired) electrons. The van der Waals surface area contributed by atoms with Gasteiger partial charge in [-0.2, -0.15) is 0 Å². The van der Waals surface area contributed by atoms with E-state index in [0.29, 0.717) is 4.88 Å². The molecular formula is C14H17Cl2N3OS. The number of carbonyl (C=O) groups is 1. The van der Waals surface area contributed by atoms with Crippen molar-refractivity contribution in [3.8, 4) is 0 Å². The van der Waals surface area contributed by atoms with Crippen molar-refractivity contribution in [1.82, 2.24) is 10.3 Å². The van der Waals surface area contributed by atoms with Crippen LogP contribution in [-0.4, -0.2) is 17.4 Å². The molecule has 1 aromatic carbocycles. The van der Waals surface area contributed by atoms with Crippen LogP contribution in [0.2, 0.25) is 0 Å². The van der Waals surface area contributed by atoms with Crippen LogP contribution < -0.4 is 10.6 Å². The Labute approximate surface area is 140 Å². The average Bonchev–Trinajstić information content (AvgIpc) is 2.85. The van der Waals surface area contributed by atoms with Crippen LogP contribution in [0, 0.1) is 6.92 Å². The van der Waals surface area contributed by atoms with Crippen molar-refractivity contribution in [2.24, 2.45) is 0 Å². The summed E-state index contributed by atoms with van der Waals surface area (Å²) in [6, 6.07) is 6.12. The van der Waals surface area contributed by atoms with Crippen molar-refractivity contribution in [1.29, 1.82) is 0 Å². The Bertz CT molecular complexity index is 630. The van der Waals surface area contributed by atoms with Crippen LogP contribution in [0.1, 0.15) is 26.5 Å². The van der Waals surface area contributed by atoms with Crippen molar-refractivity contribution in [3.05, 3.63) is 45.4 Å². The Morgan fingerprint density at radius 1 is 1.33 bits per heavy atom. The zero-order valence-electron chi connectivity index (χ0n) is 11.5. The number of carbonyl (C=O) groups excluding carboxylic acids is 1. The largest absolute Gasteiger partial charge is 0.321 e. The quantitative estimate of drug-likeness (QED) is 0.878. The van der Waals surface area contributed by atoms with E-state index in [0.717, 1.165) is 30.9 Å². The molecule has 1 aliphatic rings. The first-order valence-corrected chi connectivity index (χ1v) is 7.16. The third kappa shape index (κ3) is 3.95. The lowest BCUT2D eigenvalue weighted by molar-refractivity contribution is 0.103. The van der Waals surface area contributed by atoms with Gasteiger partial charge >= 0.3 is 0 Å². The van der Waals surface area contributed by atoms with Crippen LogP contribution in [0.4, 0.5) is 5.69 Å². The Balaban J connectivity index is 0.00000110. The van der Waals surface area contributed by atoms with Gasteiger partial charge in [-0.15, -0.1) is 36.2 Å². The molecule has 4 nitrogen and oxygen atoms in total. The van der Waals surface area contributed by atoms with Gasteiger partial charge in [0.2, 0.25) is 0 Å². The van der Waals surface area contributed by atoms with Crippen LogP contribution in [0.3, 0.4) is 0 Å². The monoisotopic (exact) mass is 345 g/mol. The van der Waals surface area contributed by atoms with E-state index in [1.807, 2.05) is 13.0 Å². The summed E-state index contributed by atoms with van der Waals surface area (Å²) in [7, 11) is 0. The van der Waals surface area contributed by atoms with Gasteiger partial charge in [-0.3, -0.25) is 4.79 Å². The molecule has 2 N–H and O–H groups in total. The Morgan fingerprint density at radius 3 is 2.86 bits per heavy atom.